The first-order valence-electron chi connectivity index (χ1n) is 15.5. The lowest BCUT2D eigenvalue weighted by molar-refractivity contribution is -0.136. The van der Waals surface area contributed by atoms with Crippen LogP contribution in [0.1, 0.15) is 51.5 Å². The molecule has 5 atom stereocenters. The van der Waals surface area contributed by atoms with Crippen molar-refractivity contribution in [1.82, 2.24) is 20.9 Å². The number of allylic oxidation sites excluding steroid dienone is 1. The number of hydrogen-bond acceptors (Lipinski definition) is 9. The van der Waals surface area contributed by atoms with E-state index in [1.54, 1.807) is 38.3 Å². The summed E-state index contributed by atoms with van der Waals surface area (Å²) in [6.45, 7) is 5.67. The molecule has 12 heteroatoms. The van der Waals surface area contributed by atoms with Gasteiger partial charge in [0.2, 0.25) is 17.7 Å². The summed E-state index contributed by atoms with van der Waals surface area (Å²) in [6.07, 6.45) is 5.31. The summed E-state index contributed by atoms with van der Waals surface area (Å²) in [7, 11) is 1.55. The highest BCUT2D eigenvalue weighted by Crippen LogP contribution is 2.31. The summed E-state index contributed by atoms with van der Waals surface area (Å²) in [5.74, 6) is -1.24. The zero-order valence-electron chi connectivity index (χ0n) is 25.9. The van der Waals surface area contributed by atoms with E-state index in [1.807, 2.05) is 4.90 Å². The number of benzene rings is 1. The van der Waals surface area contributed by atoms with Crippen LogP contribution in [0.2, 0.25) is 0 Å². The highest BCUT2D eigenvalue weighted by atomic mass is 16.6. The van der Waals surface area contributed by atoms with Crippen molar-refractivity contribution in [3.63, 3.8) is 0 Å². The Labute approximate surface area is 258 Å². The second-order valence-electron chi connectivity index (χ2n) is 12.0. The number of ether oxygens (including phenoxy) is 3. The number of hydrogen-bond donors (Lipinski definition) is 4. The quantitative estimate of drug-likeness (QED) is 0.164. The van der Waals surface area contributed by atoms with E-state index < -0.39 is 47.6 Å². The van der Waals surface area contributed by atoms with Gasteiger partial charge < -0.3 is 35.3 Å². The maximum absolute atomic E-state index is 13.9. The summed E-state index contributed by atoms with van der Waals surface area (Å²) in [4.78, 5) is 55.5. The number of ketones is 1. The highest BCUT2D eigenvalue weighted by Gasteiger charge is 2.50. The first-order valence-corrected chi connectivity index (χ1v) is 15.5. The Hall–Kier alpha value is -3.32. The van der Waals surface area contributed by atoms with Crippen LogP contribution in [0.4, 0.5) is 0 Å². The number of Topliss-reactive ketones (excluding diaryl/α,β-unsaturated/α-hetero) is 1. The molecule has 0 spiro atoms. The average Bonchev–Trinajstić information content (AvgIpc) is 3.78. The maximum atomic E-state index is 13.9. The minimum Gasteiger partial charge on any atom is -0.497 e. The summed E-state index contributed by atoms with van der Waals surface area (Å²) < 4.78 is 16.0. The van der Waals surface area contributed by atoms with Crippen LogP contribution in [0.5, 0.6) is 5.75 Å². The van der Waals surface area contributed by atoms with Gasteiger partial charge in [-0.15, -0.1) is 0 Å². The summed E-state index contributed by atoms with van der Waals surface area (Å²) in [5.41, 5.74) is 0.919. The third-order valence-electron chi connectivity index (χ3n) is 8.37. The Bertz CT molecular complexity index is 1190. The number of aliphatic hydroxyl groups excluding tert-OH is 1. The highest BCUT2D eigenvalue weighted by molar-refractivity contribution is 5.98. The van der Waals surface area contributed by atoms with E-state index >= 15 is 0 Å². The SMILES string of the molecule is COc1ccc(CC(NC(=O)[C@@H](NC(=O)CN2CCOCC2)[C@H](C)O)C(=O)NC(CC2=CCCCC2)C(=O)C2(C)CO2)cc1. The first kappa shape index (κ1) is 33.6. The molecule has 3 amide bonds. The van der Waals surface area contributed by atoms with E-state index in [2.05, 4.69) is 22.0 Å². The van der Waals surface area contributed by atoms with Gasteiger partial charge >= 0.3 is 0 Å². The molecule has 1 aromatic rings. The average molecular weight is 615 g/mol. The monoisotopic (exact) mass is 614 g/mol. The number of nitrogens with one attached hydrogen (secondary N) is 3. The molecular weight excluding hydrogens is 568 g/mol. The lowest BCUT2D eigenvalue weighted by atomic mass is 9.89. The van der Waals surface area contributed by atoms with Gasteiger partial charge in [-0.25, -0.2) is 0 Å². The molecule has 1 aliphatic carbocycles. The van der Waals surface area contributed by atoms with Crippen molar-refractivity contribution >= 4 is 23.5 Å². The van der Waals surface area contributed by atoms with E-state index in [0.717, 1.165) is 36.8 Å². The Kier molecular flexibility index (Phi) is 11.9. The Morgan fingerprint density at radius 3 is 2.27 bits per heavy atom. The van der Waals surface area contributed by atoms with Crippen LogP contribution in [-0.2, 0) is 35.1 Å². The van der Waals surface area contributed by atoms with Gasteiger partial charge in [-0.1, -0.05) is 23.8 Å². The van der Waals surface area contributed by atoms with Crippen LogP contribution in [0.3, 0.4) is 0 Å². The third-order valence-corrected chi connectivity index (χ3v) is 8.37. The number of epoxide rings is 1. The van der Waals surface area contributed by atoms with Crippen LogP contribution in [0.25, 0.3) is 0 Å². The van der Waals surface area contributed by atoms with Crippen LogP contribution in [-0.4, -0.2) is 110 Å². The van der Waals surface area contributed by atoms with E-state index in [9.17, 15) is 24.3 Å². The summed E-state index contributed by atoms with van der Waals surface area (Å²) in [6, 6.07) is 3.87. The number of nitrogens with zero attached hydrogens (tertiary/aromatic N) is 1. The molecule has 2 fully saturated rings. The van der Waals surface area contributed by atoms with Crippen molar-refractivity contribution in [3.8, 4) is 5.75 Å². The fraction of sp³-hybridized carbons (Fsp3) is 0.625. The fourth-order valence-electron chi connectivity index (χ4n) is 5.51. The van der Waals surface area contributed by atoms with E-state index in [1.165, 1.54) is 6.92 Å². The lowest BCUT2D eigenvalue weighted by Gasteiger charge is -2.29. The van der Waals surface area contributed by atoms with Crippen molar-refractivity contribution in [2.45, 2.75) is 82.2 Å². The van der Waals surface area contributed by atoms with Crippen LogP contribution in [0, 0.1) is 0 Å². The molecule has 0 aromatic heterocycles. The molecule has 4 rings (SSSR count). The Morgan fingerprint density at radius 1 is 1.00 bits per heavy atom. The topological polar surface area (TPSA) is 159 Å². The second-order valence-corrected chi connectivity index (χ2v) is 12.0. The van der Waals surface area contributed by atoms with Gasteiger partial charge in [0.05, 0.1) is 45.6 Å². The summed E-state index contributed by atoms with van der Waals surface area (Å²) in [5, 5.41) is 18.7. The summed E-state index contributed by atoms with van der Waals surface area (Å²) >= 11 is 0. The number of amides is 3. The molecule has 242 valence electrons. The zero-order valence-corrected chi connectivity index (χ0v) is 25.9. The van der Waals surface area contributed by atoms with Gasteiger partial charge in [-0.2, -0.15) is 0 Å². The van der Waals surface area contributed by atoms with E-state index in [4.69, 9.17) is 14.2 Å². The van der Waals surface area contributed by atoms with Gasteiger partial charge in [0.15, 0.2) is 5.78 Å². The van der Waals surface area contributed by atoms with Crippen LogP contribution in [0.15, 0.2) is 35.9 Å². The Morgan fingerprint density at radius 2 is 1.68 bits per heavy atom. The Balaban J connectivity index is 1.50. The van der Waals surface area contributed by atoms with Crippen molar-refractivity contribution in [2.75, 3.05) is 46.6 Å². The predicted octanol–water partition coefficient (Wildman–Crippen LogP) is 0.654. The minimum atomic E-state index is -1.29. The molecule has 3 aliphatic rings. The van der Waals surface area contributed by atoms with E-state index in [0.29, 0.717) is 45.1 Å². The number of rotatable bonds is 15. The largest absolute Gasteiger partial charge is 0.497 e. The molecule has 1 aromatic carbocycles. The maximum Gasteiger partial charge on any atom is 0.245 e. The van der Waals surface area contributed by atoms with Gasteiger partial charge in [0.25, 0.3) is 0 Å². The number of methoxy groups -OCH3 is 1. The molecule has 12 nitrogen and oxygen atoms in total. The molecule has 44 heavy (non-hydrogen) atoms. The van der Waals surface area contributed by atoms with Crippen molar-refractivity contribution in [3.05, 3.63) is 41.5 Å². The minimum absolute atomic E-state index is 0.0517. The molecule has 4 N–H and O–H groups in total. The molecule has 0 saturated carbocycles. The van der Waals surface area contributed by atoms with Gasteiger partial charge in [-0.3, -0.25) is 24.1 Å². The molecule has 0 radical (unpaired) electrons. The lowest BCUT2D eigenvalue weighted by Crippen LogP contribution is -2.60. The molecule has 2 aliphatic heterocycles. The third kappa shape index (κ3) is 9.59. The van der Waals surface area contributed by atoms with Gasteiger partial charge in [0, 0.05) is 19.5 Å². The molecule has 0 bridgehead atoms. The number of morpholine rings is 1. The van der Waals surface area contributed by atoms with Crippen molar-refractivity contribution < 1.29 is 38.5 Å². The van der Waals surface area contributed by atoms with Crippen LogP contribution >= 0.6 is 0 Å². The number of carbonyl (C=O) groups is 4. The standard InChI is InChI=1S/C32H46N4O8/c1-21(37)28(35-27(38)19-36-13-15-43-16-14-36)31(41)34-26(18-23-9-11-24(42-3)12-10-23)30(40)33-25(29(39)32(2)20-44-32)17-22-7-5-4-6-8-22/h7,9-12,21,25-26,28,37H,4-6,8,13-20H2,1-3H3,(H,33,40)(H,34,41)(H,35,38)/t21-,25?,26?,28-,32?/m0/s1. The normalized spacial score (nSPS) is 22.9. The molecule has 2 saturated heterocycles. The van der Waals surface area contributed by atoms with Crippen molar-refractivity contribution in [1.29, 1.82) is 0 Å². The van der Waals surface area contributed by atoms with Crippen molar-refractivity contribution in [2.24, 2.45) is 0 Å². The molecule has 2 heterocycles. The van der Waals surface area contributed by atoms with Gasteiger partial charge in [0.1, 0.15) is 23.4 Å². The number of aliphatic hydroxyl groups is 1. The number of carbonyl (C=O) groups excluding carboxylic acids is 4. The smallest absolute Gasteiger partial charge is 0.245 e. The van der Waals surface area contributed by atoms with Crippen LogP contribution < -0.4 is 20.7 Å². The molecule has 3 unspecified atom stereocenters. The first-order chi connectivity index (χ1) is 21.1. The fourth-order valence-corrected chi connectivity index (χ4v) is 5.51. The molecular formula is C32H46N4O8. The zero-order chi connectivity index (χ0) is 31.7. The van der Waals surface area contributed by atoms with E-state index in [-0.39, 0.29) is 18.7 Å². The van der Waals surface area contributed by atoms with Gasteiger partial charge in [-0.05, 0) is 63.6 Å². The second kappa shape index (κ2) is 15.6. The predicted molar refractivity (Wildman–Crippen MR) is 162 cm³/mol.